The van der Waals surface area contributed by atoms with Gasteiger partial charge in [0.15, 0.2) is 0 Å². The van der Waals surface area contributed by atoms with E-state index >= 15 is 0 Å². The molecule has 2 aliphatic heterocycles. The number of piperidine rings is 1. The number of amides is 1. The van der Waals surface area contributed by atoms with Crippen molar-refractivity contribution in [3.63, 3.8) is 0 Å². The molecule has 0 radical (unpaired) electrons. The van der Waals surface area contributed by atoms with E-state index in [9.17, 15) is 9.90 Å². The molecule has 0 spiro atoms. The summed E-state index contributed by atoms with van der Waals surface area (Å²) in [6.07, 6.45) is 4.13. The second kappa shape index (κ2) is 6.87. The van der Waals surface area contributed by atoms with Gasteiger partial charge in [0.1, 0.15) is 0 Å². The highest BCUT2D eigenvalue weighted by Crippen LogP contribution is 2.25. The number of likely N-dealkylation sites (tertiary alicyclic amines) is 1. The highest BCUT2D eigenvalue weighted by Gasteiger charge is 2.34. The minimum atomic E-state index is -0.631. The topological polar surface area (TPSA) is 53.0 Å². The second-order valence-electron chi connectivity index (χ2n) is 6.63. The minimum absolute atomic E-state index is 0.229. The summed E-state index contributed by atoms with van der Waals surface area (Å²) in [5.74, 6) is 0.617. The molecule has 2 fully saturated rings. The van der Waals surface area contributed by atoms with E-state index in [1.807, 2.05) is 23.9 Å². The zero-order valence-corrected chi connectivity index (χ0v) is 12.8. The Balaban J connectivity index is 1.76. The van der Waals surface area contributed by atoms with Crippen LogP contribution in [0.15, 0.2) is 0 Å². The summed E-state index contributed by atoms with van der Waals surface area (Å²) in [5.41, 5.74) is -0.631. The Morgan fingerprint density at radius 2 is 2.10 bits per heavy atom. The molecule has 5 heteroatoms. The van der Waals surface area contributed by atoms with Crippen LogP contribution in [-0.4, -0.2) is 73.4 Å². The lowest BCUT2D eigenvalue weighted by Crippen LogP contribution is -2.51. The van der Waals surface area contributed by atoms with Gasteiger partial charge in [0.05, 0.1) is 5.60 Å². The van der Waals surface area contributed by atoms with E-state index in [-0.39, 0.29) is 5.91 Å². The highest BCUT2D eigenvalue weighted by molar-refractivity contribution is 5.76. The van der Waals surface area contributed by atoms with Gasteiger partial charge in [-0.15, -0.1) is 0 Å². The quantitative estimate of drug-likeness (QED) is 0.826. The minimum Gasteiger partial charge on any atom is -0.388 e. The molecule has 1 unspecified atom stereocenters. The summed E-state index contributed by atoms with van der Waals surface area (Å²) in [7, 11) is 3.94. The summed E-state index contributed by atoms with van der Waals surface area (Å²) >= 11 is 0. The first-order valence-electron chi connectivity index (χ1n) is 7.71. The van der Waals surface area contributed by atoms with Gasteiger partial charge in [-0.25, -0.2) is 0 Å². The zero-order valence-electron chi connectivity index (χ0n) is 12.8. The molecule has 2 aliphatic rings. The molecule has 2 saturated heterocycles. The van der Waals surface area contributed by atoms with E-state index in [0.717, 1.165) is 26.1 Å². The maximum Gasteiger partial charge on any atom is 0.222 e. The van der Waals surface area contributed by atoms with Gasteiger partial charge in [-0.05, 0) is 45.7 Å². The third-order valence-electron chi connectivity index (χ3n) is 4.38. The average molecular weight is 284 g/mol. The number of carbonyl (C=O) groups is 1. The first-order valence-corrected chi connectivity index (χ1v) is 7.71. The summed E-state index contributed by atoms with van der Waals surface area (Å²) < 4.78 is 5.43. The third-order valence-corrected chi connectivity index (χ3v) is 4.38. The van der Waals surface area contributed by atoms with Gasteiger partial charge < -0.3 is 19.6 Å². The van der Waals surface area contributed by atoms with Gasteiger partial charge in [-0.3, -0.25) is 4.79 Å². The van der Waals surface area contributed by atoms with Crippen molar-refractivity contribution >= 4 is 5.91 Å². The van der Waals surface area contributed by atoms with Crippen LogP contribution in [0.1, 0.15) is 32.1 Å². The number of nitrogens with zero attached hydrogens (tertiary/aromatic N) is 2. The molecule has 0 aromatic rings. The zero-order chi connectivity index (χ0) is 14.6. The lowest BCUT2D eigenvalue weighted by atomic mass is 9.90. The van der Waals surface area contributed by atoms with Crippen molar-refractivity contribution < 1.29 is 14.6 Å². The van der Waals surface area contributed by atoms with Crippen molar-refractivity contribution in [2.24, 2.45) is 5.92 Å². The smallest absolute Gasteiger partial charge is 0.222 e. The molecular weight excluding hydrogens is 256 g/mol. The maximum absolute atomic E-state index is 12.3. The van der Waals surface area contributed by atoms with Crippen molar-refractivity contribution in [2.75, 3.05) is 46.9 Å². The molecule has 1 atom stereocenters. The molecule has 20 heavy (non-hydrogen) atoms. The van der Waals surface area contributed by atoms with Crippen LogP contribution in [0, 0.1) is 5.92 Å². The fourth-order valence-electron chi connectivity index (χ4n) is 3.26. The molecule has 116 valence electrons. The van der Waals surface area contributed by atoms with Crippen LogP contribution >= 0.6 is 0 Å². The Morgan fingerprint density at radius 1 is 1.40 bits per heavy atom. The van der Waals surface area contributed by atoms with Gasteiger partial charge in [-0.1, -0.05) is 0 Å². The van der Waals surface area contributed by atoms with Gasteiger partial charge in [0.25, 0.3) is 0 Å². The van der Waals surface area contributed by atoms with E-state index in [1.165, 1.54) is 0 Å². The monoisotopic (exact) mass is 284 g/mol. The van der Waals surface area contributed by atoms with E-state index in [1.54, 1.807) is 0 Å². The summed E-state index contributed by atoms with van der Waals surface area (Å²) in [6, 6.07) is 0. The average Bonchev–Trinajstić information content (AvgIpc) is 2.39. The van der Waals surface area contributed by atoms with Crippen LogP contribution < -0.4 is 0 Å². The van der Waals surface area contributed by atoms with E-state index < -0.39 is 5.60 Å². The van der Waals surface area contributed by atoms with Gasteiger partial charge in [0, 0.05) is 39.3 Å². The van der Waals surface area contributed by atoms with E-state index in [2.05, 4.69) is 0 Å². The Labute approximate surface area is 121 Å². The number of hydrogen-bond acceptors (Lipinski definition) is 4. The standard InChI is InChI=1S/C15H28N2O3/c1-16(2)12-15(19)5-7-17(8-6-15)14(18)10-13-4-3-9-20-11-13/h13,19H,3-12H2,1-2H3. The Morgan fingerprint density at radius 3 is 2.65 bits per heavy atom. The van der Waals surface area contributed by atoms with Crippen LogP contribution in [-0.2, 0) is 9.53 Å². The molecule has 0 bridgehead atoms. The summed E-state index contributed by atoms with van der Waals surface area (Å²) in [6.45, 7) is 3.59. The number of ether oxygens (including phenoxy) is 1. The van der Waals surface area contributed by atoms with Crippen molar-refractivity contribution in [3.05, 3.63) is 0 Å². The molecule has 5 nitrogen and oxygen atoms in total. The second-order valence-corrected chi connectivity index (χ2v) is 6.63. The van der Waals surface area contributed by atoms with Crippen molar-refractivity contribution in [3.8, 4) is 0 Å². The Bertz CT molecular complexity index is 319. The Hall–Kier alpha value is -0.650. The van der Waals surface area contributed by atoms with Gasteiger partial charge in [0.2, 0.25) is 5.91 Å². The summed E-state index contributed by atoms with van der Waals surface area (Å²) in [4.78, 5) is 16.2. The molecule has 0 saturated carbocycles. The Kier molecular flexibility index (Phi) is 5.41. The number of carbonyl (C=O) groups excluding carboxylic acids is 1. The SMILES string of the molecule is CN(C)CC1(O)CCN(C(=O)CC2CCCOC2)CC1. The number of hydrogen-bond donors (Lipinski definition) is 1. The molecule has 1 N–H and O–H groups in total. The van der Waals surface area contributed by atoms with Gasteiger partial charge >= 0.3 is 0 Å². The maximum atomic E-state index is 12.3. The van der Waals surface area contributed by atoms with Crippen LogP contribution in [0.3, 0.4) is 0 Å². The molecule has 2 heterocycles. The normalized spacial score (nSPS) is 26.8. The largest absolute Gasteiger partial charge is 0.388 e. The molecule has 2 rings (SSSR count). The van der Waals surface area contributed by atoms with Crippen LogP contribution in [0.4, 0.5) is 0 Å². The van der Waals surface area contributed by atoms with Crippen LogP contribution in [0.25, 0.3) is 0 Å². The fourth-order valence-corrected chi connectivity index (χ4v) is 3.26. The first-order chi connectivity index (χ1) is 9.48. The van der Waals surface area contributed by atoms with Crippen molar-refractivity contribution in [1.29, 1.82) is 0 Å². The number of rotatable bonds is 4. The van der Waals surface area contributed by atoms with Crippen LogP contribution in [0.5, 0.6) is 0 Å². The molecule has 0 aromatic carbocycles. The third kappa shape index (κ3) is 4.43. The highest BCUT2D eigenvalue weighted by atomic mass is 16.5. The molecule has 0 aliphatic carbocycles. The van der Waals surface area contributed by atoms with Crippen molar-refractivity contribution in [1.82, 2.24) is 9.80 Å². The number of aliphatic hydroxyl groups is 1. The molecule has 1 amide bonds. The molecule has 0 aromatic heterocycles. The fraction of sp³-hybridized carbons (Fsp3) is 0.933. The summed E-state index contributed by atoms with van der Waals surface area (Å²) in [5, 5.41) is 10.5. The van der Waals surface area contributed by atoms with Crippen molar-refractivity contribution in [2.45, 2.75) is 37.7 Å². The van der Waals surface area contributed by atoms with Crippen LogP contribution in [0.2, 0.25) is 0 Å². The lowest BCUT2D eigenvalue weighted by Gasteiger charge is -2.40. The number of likely N-dealkylation sites (N-methyl/N-ethyl adjacent to an activating group) is 1. The lowest BCUT2D eigenvalue weighted by molar-refractivity contribution is -0.137. The predicted molar refractivity (Wildman–Crippen MR) is 77.5 cm³/mol. The van der Waals surface area contributed by atoms with E-state index in [0.29, 0.717) is 44.8 Å². The van der Waals surface area contributed by atoms with E-state index in [4.69, 9.17) is 4.74 Å². The predicted octanol–water partition coefficient (Wildman–Crippen LogP) is 0.718. The molecular formula is C15H28N2O3. The van der Waals surface area contributed by atoms with Gasteiger partial charge in [-0.2, -0.15) is 0 Å². The first kappa shape index (κ1) is 15.7.